The number of hydrogen-bond acceptors (Lipinski definition) is 3. The van der Waals surface area contributed by atoms with E-state index in [9.17, 15) is 5.11 Å². The minimum absolute atomic E-state index is 0.416. The Hall–Kier alpha value is -1.68. The lowest BCUT2D eigenvalue weighted by Gasteiger charge is -2.37. The quantitative estimate of drug-likeness (QED) is 0.938. The average Bonchev–Trinajstić information content (AvgIpc) is 2.87. The van der Waals surface area contributed by atoms with Crippen molar-refractivity contribution in [3.63, 3.8) is 0 Å². The Morgan fingerprint density at radius 3 is 2.48 bits per heavy atom. The van der Waals surface area contributed by atoms with E-state index in [1.807, 2.05) is 6.07 Å². The molecule has 2 aliphatic heterocycles. The third-order valence-corrected chi connectivity index (χ3v) is 4.46. The van der Waals surface area contributed by atoms with Gasteiger partial charge in [-0.15, -0.1) is 0 Å². The van der Waals surface area contributed by atoms with Crippen LogP contribution >= 0.6 is 0 Å². The van der Waals surface area contributed by atoms with Crippen molar-refractivity contribution in [3.8, 4) is 0 Å². The summed E-state index contributed by atoms with van der Waals surface area (Å²) >= 11 is 0. The summed E-state index contributed by atoms with van der Waals surface area (Å²) < 4.78 is 5.15. The number of benzene rings is 2. The summed E-state index contributed by atoms with van der Waals surface area (Å²) in [7, 11) is 0. The zero-order valence-electron chi connectivity index (χ0n) is 12.0. The first-order valence-corrected chi connectivity index (χ1v) is 7.42. The van der Waals surface area contributed by atoms with Crippen LogP contribution in [0.2, 0.25) is 0 Å². The second-order valence-corrected chi connectivity index (χ2v) is 6.14. The van der Waals surface area contributed by atoms with Gasteiger partial charge in [0.25, 0.3) is 0 Å². The first-order chi connectivity index (χ1) is 10.2. The fourth-order valence-electron chi connectivity index (χ4n) is 3.17. The molecule has 0 unspecified atom stereocenters. The summed E-state index contributed by atoms with van der Waals surface area (Å²) in [5.74, 6) is 0. The lowest BCUT2D eigenvalue weighted by molar-refractivity contribution is -0.184. The smallest absolute Gasteiger partial charge is 0.136 e. The first kappa shape index (κ1) is 13.0. The highest BCUT2D eigenvalue weighted by Crippen LogP contribution is 2.33. The topological polar surface area (TPSA) is 32.7 Å². The van der Waals surface area contributed by atoms with Crippen LogP contribution in [0.1, 0.15) is 22.3 Å². The minimum Gasteiger partial charge on any atom is -0.380 e. The molecule has 0 atom stereocenters. The number of fused-ring (bicyclic) bond motifs is 1. The predicted octanol–water partition coefficient (Wildman–Crippen LogP) is 2.42. The largest absolute Gasteiger partial charge is 0.380 e. The molecular weight excluding hydrogens is 262 g/mol. The second-order valence-electron chi connectivity index (χ2n) is 6.14. The Morgan fingerprint density at radius 2 is 1.76 bits per heavy atom. The van der Waals surface area contributed by atoms with Crippen molar-refractivity contribution in [2.75, 3.05) is 13.2 Å². The van der Waals surface area contributed by atoms with E-state index in [2.05, 4.69) is 47.4 Å². The number of ether oxygens (including phenoxy) is 1. The van der Waals surface area contributed by atoms with Crippen LogP contribution in [0.25, 0.3) is 0 Å². The molecule has 4 rings (SSSR count). The fourth-order valence-corrected chi connectivity index (χ4v) is 3.17. The van der Waals surface area contributed by atoms with Gasteiger partial charge in [-0.25, -0.2) is 0 Å². The van der Waals surface area contributed by atoms with Gasteiger partial charge in [0.2, 0.25) is 0 Å². The summed E-state index contributed by atoms with van der Waals surface area (Å²) in [5, 5.41) is 10.4. The lowest BCUT2D eigenvalue weighted by Crippen LogP contribution is -2.46. The molecule has 1 N–H and O–H groups in total. The standard InChI is InChI=1S/C18H19NO2/c20-18(12-21-13-18)17-7-6-15-10-19(11-16(15)8-17)9-14-4-2-1-3-5-14/h1-8,20H,9-13H2. The van der Waals surface area contributed by atoms with Gasteiger partial charge in [0.05, 0.1) is 13.2 Å². The van der Waals surface area contributed by atoms with Crippen LogP contribution in [0.3, 0.4) is 0 Å². The molecule has 2 aliphatic rings. The third-order valence-electron chi connectivity index (χ3n) is 4.46. The number of hydrogen-bond donors (Lipinski definition) is 1. The molecule has 0 aliphatic carbocycles. The summed E-state index contributed by atoms with van der Waals surface area (Å²) in [6, 6.07) is 16.9. The normalized spacial score (nSPS) is 20.0. The van der Waals surface area contributed by atoms with Crippen LogP contribution in [-0.4, -0.2) is 23.2 Å². The summed E-state index contributed by atoms with van der Waals surface area (Å²) in [6.07, 6.45) is 0. The van der Waals surface area contributed by atoms with E-state index in [0.717, 1.165) is 25.2 Å². The van der Waals surface area contributed by atoms with E-state index in [1.165, 1.54) is 16.7 Å². The number of aliphatic hydroxyl groups is 1. The maximum absolute atomic E-state index is 10.4. The van der Waals surface area contributed by atoms with Crippen molar-refractivity contribution < 1.29 is 9.84 Å². The molecular formula is C18H19NO2. The molecule has 3 nitrogen and oxygen atoms in total. The molecule has 2 heterocycles. The van der Waals surface area contributed by atoms with Gasteiger partial charge >= 0.3 is 0 Å². The zero-order chi connectivity index (χ0) is 14.3. The molecule has 3 heteroatoms. The molecule has 0 saturated carbocycles. The van der Waals surface area contributed by atoms with E-state index in [0.29, 0.717) is 13.2 Å². The van der Waals surface area contributed by atoms with Crippen LogP contribution < -0.4 is 0 Å². The monoisotopic (exact) mass is 281 g/mol. The van der Waals surface area contributed by atoms with Crippen molar-refractivity contribution in [1.82, 2.24) is 4.90 Å². The zero-order valence-corrected chi connectivity index (χ0v) is 12.0. The molecule has 1 saturated heterocycles. The highest BCUT2D eigenvalue weighted by atomic mass is 16.5. The fraction of sp³-hybridized carbons (Fsp3) is 0.333. The van der Waals surface area contributed by atoms with Crippen molar-refractivity contribution in [1.29, 1.82) is 0 Å². The molecule has 0 aromatic heterocycles. The van der Waals surface area contributed by atoms with Crippen molar-refractivity contribution >= 4 is 0 Å². The van der Waals surface area contributed by atoms with Crippen molar-refractivity contribution in [2.45, 2.75) is 25.2 Å². The van der Waals surface area contributed by atoms with Gasteiger partial charge in [0.1, 0.15) is 5.60 Å². The van der Waals surface area contributed by atoms with Crippen LogP contribution in [0, 0.1) is 0 Å². The Labute approximate surface area is 124 Å². The number of nitrogens with zero attached hydrogens (tertiary/aromatic N) is 1. The molecule has 0 radical (unpaired) electrons. The summed E-state index contributed by atoms with van der Waals surface area (Å²) in [5.41, 5.74) is 4.29. The van der Waals surface area contributed by atoms with E-state index in [4.69, 9.17) is 4.74 Å². The van der Waals surface area contributed by atoms with Crippen molar-refractivity contribution in [2.24, 2.45) is 0 Å². The lowest BCUT2D eigenvalue weighted by atomic mass is 9.90. The first-order valence-electron chi connectivity index (χ1n) is 7.42. The third kappa shape index (κ3) is 2.38. The highest BCUT2D eigenvalue weighted by Gasteiger charge is 2.38. The second kappa shape index (κ2) is 4.95. The van der Waals surface area contributed by atoms with Gasteiger partial charge in [0, 0.05) is 19.6 Å². The van der Waals surface area contributed by atoms with E-state index < -0.39 is 5.60 Å². The van der Waals surface area contributed by atoms with Gasteiger partial charge in [-0.3, -0.25) is 4.90 Å². The Balaban J connectivity index is 1.51. The van der Waals surface area contributed by atoms with E-state index in [1.54, 1.807) is 0 Å². The van der Waals surface area contributed by atoms with Crippen LogP contribution in [-0.2, 0) is 30.0 Å². The van der Waals surface area contributed by atoms with Gasteiger partial charge in [-0.05, 0) is 22.3 Å². The summed E-state index contributed by atoms with van der Waals surface area (Å²) in [6.45, 7) is 3.74. The predicted molar refractivity (Wildman–Crippen MR) is 80.6 cm³/mol. The van der Waals surface area contributed by atoms with Gasteiger partial charge in [-0.2, -0.15) is 0 Å². The average molecular weight is 281 g/mol. The van der Waals surface area contributed by atoms with Crippen LogP contribution in [0.15, 0.2) is 48.5 Å². The summed E-state index contributed by atoms with van der Waals surface area (Å²) in [4.78, 5) is 2.44. The molecule has 21 heavy (non-hydrogen) atoms. The molecule has 0 bridgehead atoms. The molecule has 2 aromatic carbocycles. The Bertz CT molecular complexity index is 650. The Morgan fingerprint density at radius 1 is 1.00 bits per heavy atom. The number of rotatable bonds is 3. The maximum Gasteiger partial charge on any atom is 0.136 e. The molecule has 0 spiro atoms. The molecule has 0 amide bonds. The maximum atomic E-state index is 10.4. The van der Waals surface area contributed by atoms with E-state index >= 15 is 0 Å². The minimum atomic E-state index is -0.762. The van der Waals surface area contributed by atoms with E-state index in [-0.39, 0.29) is 0 Å². The molecule has 2 aromatic rings. The van der Waals surface area contributed by atoms with Crippen LogP contribution in [0.5, 0.6) is 0 Å². The van der Waals surface area contributed by atoms with Gasteiger partial charge < -0.3 is 9.84 Å². The van der Waals surface area contributed by atoms with Crippen LogP contribution in [0.4, 0.5) is 0 Å². The van der Waals surface area contributed by atoms with Crippen molar-refractivity contribution in [3.05, 3.63) is 70.8 Å². The SMILES string of the molecule is OC1(c2ccc3c(c2)CN(Cc2ccccc2)C3)COC1. The van der Waals surface area contributed by atoms with Gasteiger partial charge in [0.15, 0.2) is 0 Å². The molecule has 1 fully saturated rings. The molecule has 108 valence electrons. The highest BCUT2D eigenvalue weighted by molar-refractivity contribution is 5.38. The Kier molecular flexibility index (Phi) is 3.07. The van der Waals surface area contributed by atoms with Gasteiger partial charge in [-0.1, -0.05) is 48.5 Å².